The van der Waals surface area contributed by atoms with E-state index in [-0.39, 0.29) is 0 Å². The summed E-state index contributed by atoms with van der Waals surface area (Å²) in [4.78, 5) is 16.1. The van der Waals surface area contributed by atoms with E-state index in [1.807, 2.05) is 18.2 Å². The van der Waals surface area contributed by atoms with Crippen molar-refractivity contribution in [3.63, 3.8) is 0 Å². The predicted octanol–water partition coefficient (Wildman–Crippen LogP) is 17.9. The highest BCUT2D eigenvalue weighted by molar-refractivity contribution is 6.27. The van der Waals surface area contributed by atoms with Gasteiger partial charge in [-0.3, -0.25) is 4.57 Å². The van der Waals surface area contributed by atoms with Crippen molar-refractivity contribution in [3.8, 4) is 67.8 Å². The molecule has 0 unspecified atom stereocenters. The van der Waals surface area contributed by atoms with Crippen molar-refractivity contribution < 1.29 is 0 Å². The van der Waals surface area contributed by atoms with Crippen molar-refractivity contribution in [2.45, 2.75) is 0 Å². The van der Waals surface area contributed by atoms with E-state index in [1.54, 1.807) is 0 Å². The van der Waals surface area contributed by atoms with Gasteiger partial charge >= 0.3 is 0 Å². The number of hydrogen-bond acceptors (Lipinski definition) is 3. The fourth-order valence-corrected chi connectivity index (χ4v) is 11.6. The van der Waals surface area contributed by atoms with Crippen LogP contribution in [0.25, 0.3) is 144 Å². The maximum Gasteiger partial charge on any atom is 0.238 e. The second kappa shape index (κ2) is 16.8. The number of rotatable bonds is 7. The molecule has 344 valence electrons. The molecule has 12 aromatic carbocycles. The summed E-state index contributed by atoms with van der Waals surface area (Å²) in [6.45, 7) is 0. The fraction of sp³-hybridized carbons (Fsp3) is 0. The van der Waals surface area contributed by atoms with Crippen LogP contribution in [-0.2, 0) is 0 Å². The van der Waals surface area contributed by atoms with E-state index in [4.69, 9.17) is 15.0 Å². The fourth-order valence-electron chi connectivity index (χ4n) is 11.6. The smallest absolute Gasteiger partial charge is 0.238 e. The first-order valence-corrected chi connectivity index (χ1v) is 25.2. The first-order valence-electron chi connectivity index (χ1n) is 25.2. The Labute approximate surface area is 426 Å². The summed E-state index contributed by atoms with van der Waals surface area (Å²) < 4.78 is 4.69. The van der Waals surface area contributed by atoms with Crippen LogP contribution >= 0.6 is 0 Å². The van der Waals surface area contributed by atoms with Gasteiger partial charge in [0, 0.05) is 38.4 Å². The molecule has 0 aliphatic rings. The van der Waals surface area contributed by atoms with Crippen LogP contribution in [0.5, 0.6) is 0 Å². The Kier molecular flexibility index (Phi) is 9.50. The topological polar surface area (TPSA) is 48.5 Å². The van der Waals surface area contributed by atoms with Crippen LogP contribution in [0.1, 0.15) is 0 Å². The Hall–Kier alpha value is -9.97. The molecular formula is C69H43N5. The second-order valence-electron chi connectivity index (χ2n) is 19.1. The molecule has 0 saturated carbocycles. The number of para-hydroxylation sites is 2. The lowest BCUT2D eigenvalue weighted by Gasteiger charge is -2.14. The predicted molar refractivity (Wildman–Crippen MR) is 308 cm³/mol. The second-order valence-corrected chi connectivity index (χ2v) is 19.1. The molecule has 5 heteroatoms. The molecule has 0 aliphatic heterocycles. The molecule has 0 atom stereocenters. The van der Waals surface area contributed by atoms with Crippen molar-refractivity contribution in [1.82, 2.24) is 24.1 Å². The van der Waals surface area contributed by atoms with Gasteiger partial charge in [-0.05, 0) is 114 Å². The van der Waals surface area contributed by atoms with Gasteiger partial charge in [-0.1, -0.05) is 212 Å². The highest BCUT2D eigenvalue weighted by atomic mass is 15.2. The zero-order valence-corrected chi connectivity index (χ0v) is 40.1. The first kappa shape index (κ1) is 41.8. The largest absolute Gasteiger partial charge is 0.309 e. The zero-order chi connectivity index (χ0) is 48.7. The molecule has 74 heavy (non-hydrogen) atoms. The summed E-state index contributed by atoms with van der Waals surface area (Å²) in [5.41, 5.74) is 14.1. The average Bonchev–Trinajstić information content (AvgIpc) is 4.01. The number of aromatic nitrogens is 5. The molecule has 0 N–H and O–H groups in total. The van der Waals surface area contributed by atoms with Gasteiger partial charge in [-0.2, -0.15) is 9.97 Å². The Bertz CT molecular complexity index is 4690. The Morgan fingerprint density at radius 1 is 0.230 bits per heavy atom. The van der Waals surface area contributed by atoms with E-state index in [0.717, 1.165) is 77.1 Å². The van der Waals surface area contributed by atoms with Crippen molar-refractivity contribution >= 4 is 75.9 Å². The lowest BCUT2D eigenvalue weighted by Crippen LogP contribution is -2.06. The van der Waals surface area contributed by atoms with Crippen LogP contribution < -0.4 is 0 Å². The molecule has 15 rings (SSSR count). The Balaban J connectivity index is 0.932. The molecule has 3 heterocycles. The van der Waals surface area contributed by atoms with E-state index >= 15 is 0 Å². The average molecular weight is 942 g/mol. The third-order valence-electron chi connectivity index (χ3n) is 14.9. The summed E-state index contributed by atoms with van der Waals surface area (Å²) in [6, 6.07) is 93.6. The molecule has 0 bridgehead atoms. The number of nitrogens with zero attached hydrogens (tertiary/aromatic N) is 5. The van der Waals surface area contributed by atoms with Crippen molar-refractivity contribution in [1.29, 1.82) is 0 Å². The Morgan fingerprint density at radius 3 is 1.35 bits per heavy atom. The minimum absolute atomic E-state index is 0.555. The molecule has 0 fully saturated rings. The van der Waals surface area contributed by atoms with Gasteiger partial charge in [0.1, 0.15) is 0 Å². The van der Waals surface area contributed by atoms with Gasteiger partial charge in [-0.25, -0.2) is 4.98 Å². The molecule has 0 saturated heterocycles. The minimum Gasteiger partial charge on any atom is -0.309 e. The monoisotopic (exact) mass is 941 g/mol. The minimum atomic E-state index is 0.555. The summed E-state index contributed by atoms with van der Waals surface area (Å²) >= 11 is 0. The molecule has 3 aromatic heterocycles. The van der Waals surface area contributed by atoms with Crippen LogP contribution in [0, 0.1) is 0 Å². The summed E-state index contributed by atoms with van der Waals surface area (Å²) in [7, 11) is 0. The van der Waals surface area contributed by atoms with E-state index in [9.17, 15) is 0 Å². The zero-order valence-electron chi connectivity index (χ0n) is 40.1. The first-order chi connectivity index (χ1) is 36.7. The lowest BCUT2D eigenvalue weighted by atomic mass is 9.92. The standard InChI is InChI=1S/C69H43N5/c1-3-18-44(19-4-1)46-22-15-23-47(40-46)48-24-16-26-51(41-48)68-70-67(45-20-5-2-6-21-45)71-69(72-68)74-62-34-13-11-32-58(62)59-38-39-64-65(66(59)74)60-33-12-14-35-63(60)73(64)52-27-17-25-49(42-52)50-36-37-57-55-30-8-7-28-53(55)54-29-9-10-31-56(54)61(57)43-50/h1-43H. The molecule has 0 amide bonds. The van der Waals surface area contributed by atoms with Crippen molar-refractivity contribution in [2.75, 3.05) is 0 Å². The molecule has 0 spiro atoms. The van der Waals surface area contributed by atoms with Gasteiger partial charge < -0.3 is 4.57 Å². The SMILES string of the molecule is c1ccc(-c2cccc(-c3cccc(-c4nc(-c5ccccc5)nc(-n5c6ccccc6c6ccc7c(c8ccccc8n7-c7cccc(-c8ccc9c%10ccccc%10c%10ccccc%10c9c8)c7)c65)n4)c3)c2)cc1. The maximum atomic E-state index is 5.46. The van der Waals surface area contributed by atoms with Crippen LogP contribution in [0.4, 0.5) is 0 Å². The van der Waals surface area contributed by atoms with E-state index in [2.05, 4.69) is 252 Å². The third-order valence-corrected chi connectivity index (χ3v) is 14.9. The number of hydrogen-bond donors (Lipinski definition) is 0. The lowest BCUT2D eigenvalue weighted by molar-refractivity contribution is 0.955. The summed E-state index contributed by atoms with van der Waals surface area (Å²) in [6.07, 6.45) is 0. The van der Waals surface area contributed by atoms with Crippen molar-refractivity contribution in [2.24, 2.45) is 0 Å². The quantitative estimate of drug-likeness (QED) is 0.150. The van der Waals surface area contributed by atoms with Gasteiger partial charge in [0.2, 0.25) is 5.95 Å². The van der Waals surface area contributed by atoms with Gasteiger partial charge in [-0.15, -0.1) is 0 Å². The van der Waals surface area contributed by atoms with Crippen LogP contribution in [-0.4, -0.2) is 24.1 Å². The Morgan fingerprint density at radius 2 is 0.676 bits per heavy atom. The number of fused-ring (bicyclic) bond motifs is 13. The molecular weight excluding hydrogens is 899 g/mol. The van der Waals surface area contributed by atoms with Crippen molar-refractivity contribution in [3.05, 3.63) is 261 Å². The molecule has 0 radical (unpaired) electrons. The summed E-state index contributed by atoms with van der Waals surface area (Å²) in [5.74, 6) is 1.76. The van der Waals surface area contributed by atoms with Crippen LogP contribution in [0.15, 0.2) is 261 Å². The maximum absolute atomic E-state index is 5.46. The van der Waals surface area contributed by atoms with E-state index in [0.29, 0.717) is 17.6 Å². The van der Waals surface area contributed by atoms with Gasteiger partial charge in [0.25, 0.3) is 0 Å². The third kappa shape index (κ3) is 6.68. The molecule has 15 aromatic rings. The highest BCUT2D eigenvalue weighted by Crippen LogP contribution is 2.43. The van der Waals surface area contributed by atoms with Gasteiger partial charge in [0.05, 0.1) is 22.1 Å². The van der Waals surface area contributed by atoms with E-state index < -0.39 is 0 Å². The molecule has 0 aliphatic carbocycles. The molecule has 5 nitrogen and oxygen atoms in total. The van der Waals surface area contributed by atoms with Gasteiger partial charge in [0.15, 0.2) is 11.6 Å². The highest BCUT2D eigenvalue weighted by Gasteiger charge is 2.24. The normalized spacial score (nSPS) is 11.8. The summed E-state index contributed by atoms with van der Waals surface area (Å²) in [5, 5.41) is 12.2. The van der Waals surface area contributed by atoms with Crippen LogP contribution in [0.2, 0.25) is 0 Å². The number of benzene rings is 12. The van der Waals surface area contributed by atoms with E-state index in [1.165, 1.54) is 49.0 Å². The van der Waals surface area contributed by atoms with Crippen LogP contribution in [0.3, 0.4) is 0 Å².